The number of rotatable bonds is 0. The van der Waals surface area contributed by atoms with Crippen molar-refractivity contribution in [3.8, 4) is 11.3 Å². The van der Waals surface area contributed by atoms with Crippen LogP contribution in [0, 0.1) is 0 Å². The molecule has 1 atom stereocenters. The predicted molar refractivity (Wildman–Crippen MR) is 62.9 cm³/mol. The Kier molecular flexibility index (Phi) is 1.89. The normalized spacial score (nSPS) is 18.4. The van der Waals surface area contributed by atoms with Gasteiger partial charge in [0.05, 0.1) is 5.69 Å². The molecule has 1 aromatic carbocycles. The first kappa shape index (κ1) is 9.04. The van der Waals surface area contributed by atoms with E-state index in [1.165, 1.54) is 16.0 Å². The highest BCUT2D eigenvalue weighted by Gasteiger charge is 2.24. The fraction of sp³-hybridized carbons (Fsp3) is 0.250. The van der Waals surface area contributed by atoms with E-state index in [2.05, 4.69) is 42.5 Å². The van der Waals surface area contributed by atoms with Gasteiger partial charge in [-0.1, -0.05) is 18.2 Å². The molecule has 0 aliphatic carbocycles. The maximum absolute atomic E-state index is 4.55. The minimum Gasteiger partial charge on any atom is -0.275 e. The molecule has 0 saturated heterocycles. The maximum Gasteiger partial charge on any atom is 0.0977 e. The van der Waals surface area contributed by atoms with Crippen molar-refractivity contribution in [1.29, 1.82) is 0 Å². The van der Waals surface area contributed by atoms with Crippen LogP contribution in [-0.4, -0.2) is 9.78 Å². The molecule has 0 bridgehead atoms. The van der Waals surface area contributed by atoms with Crippen LogP contribution in [0.25, 0.3) is 11.3 Å². The van der Waals surface area contributed by atoms with Crippen LogP contribution in [0.3, 0.4) is 0 Å². The Hall–Kier alpha value is -1.22. The molecule has 0 N–H and O–H groups in total. The van der Waals surface area contributed by atoms with E-state index in [1.807, 2.05) is 23.5 Å². The summed E-state index contributed by atoms with van der Waals surface area (Å²) >= 11 is 1.91. The zero-order valence-electron chi connectivity index (χ0n) is 8.77. The van der Waals surface area contributed by atoms with Gasteiger partial charge in [0.2, 0.25) is 0 Å². The van der Waals surface area contributed by atoms with Crippen molar-refractivity contribution in [3.63, 3.8) is 0 Å². The van der Waals surface area contributed by atoms with E-state index in [-0.39, 0.29) is 0 Å². The lowest BCUT2D eigenvalue weighted by molar-refractivity contribution is 0.769. The Balaban J connectivity index is 2.29. The number of aryl methyl sites for hydroxylation is 1. The lowest BCUT2D eigenvalue weighted by atomic mass is 10.1. The Bertz CT molecular complexity index is 516. The number of aromatic nitrogens is 2. The van der Waals surface area contributed by atoms with E-state index in [1.54, 1.807) is 0 Å². The van der Waals surface area contributed by atoms with Gasteiger partial charge in [-0.15, -0.1) is 11.8 Å². The Labute approximate surface area is 93.3 Å². The van der Waals surface area contributed by atoms with Crippen LogP contribution in [0.5, 0.6) is 0 Å². The third kappa shape index (κ3) is 1.30. The van der Waals surface area contributed by atoms with Gasteiger partial charge >= 0.3 is 0 Å². The summed E-state index contributed by atoms with van der Waals surface area (Å²) < 4.78 is 1.91. The number of hydrogen-bond acceptors (Lipinski definition) is 2. The minimum absolute atomic E-state index is 0.503. The molecule has 1 aliphatic rings. The first-order chi connectivity index (χ1) is 7.25. The first-order valence-electron chi connectivity index (χ1n) is 5.05. The molecule has 2 heterocycles. The summed E-state index contributed by atoms with van der Waals surface area (Å²) in [6.45, 7) is 2.24. The number of nitrogens with zero attached hydrogens (tertiary/aromatic N) is 2. The van der Waals surface area contributed by atoms with E-state index in [0.717, 1.165) is 5.69 Å². The fourth-order valence-electron chi connectivity index (χ4n) is 2.03. The van der Waals surface area contributed by atoms with Gasteiger partial charge < -0.3 is 0 Å². The van der Waals surface area contributed by atoms with E-state index in [0.29, 0.717) is 5.25 Å². The average molecular weight is 216 g/mol. The van der Waals surface area contributed by atoms with Crippen LogP contribution >= 0.6 is 11.8 Å². The Morgan fingerprint density at radius 3 is 3.00 bits per heavy atom. The summed E-state index contributed by atoms with van der Waals surface area (Å²) in [6, 6.07) is 8.49. The van der Waals surface area contributed by atoms with Crippen molar-refractivity contribution in [2.45, 2.75) is 17.1 Å². The van der Waals surface area contributed by atoms with Crippen LogP contribution in [0.1, 0.15) is 17.7 Å². The van der Waals surface area contributed by atoms with Gasteiger partial charge in [-0.2, -0.15) is 5.10 Å². The van der Waals surface area contributed by atoms with Crippen molar-refractivity contribution >= 4 is 11.8 Å². The first-order valence-corrected chi connectivity index (χ1v) is 5.93. The van der Waals surface area contributed by atoms with Gasteiger partial charge in [-0.25, -0.2) is 0 Å². The van der Waals surface area contributed by atoms with Crippen LogP contribution < -0.4 is 0 Å². The van der Waals surface area contributed by atoms with Crippen LogP contribution in [0.2, 0.25) is 0 Å². The summed E-state index contributed by atoms with van der Waals surface area (Å²) in [5.41, 5.74) is 3.77. The standard InChI is InChI=1S/C12H12N2S/c1-8-10-7-14(2)13-12(10)9-5-3-4-6-11(9)15-8/h3-8H,1-2H3. The molecule has 3 rings (SSSR count). The maximum atomic E-state index is 4.55. The van der Waals surface area contributed by atoms with Crippen LogP contribution in [0.15, 0.2) is 35.4 Å². The van der Waals surface area contributed by atoms with Crippen molar-refractivity contribution < 1.29 is 0 Å². The van der Waals surface area contributed by atoms with Gasteiger partial charge in [-0.05, 0) is 13.0 Å². The average Bonchev–Trinajstić information content (AvgIpc) is 2.61. The van der Waals surface area contributed by atoms with Crippen molar-refractivity contribution in [2.24, 2.45) is 7.05 Å². The van der Waals surface area contributed by atoms with Crippen LogP contribution in [-0.2, 0) is 7.05 Å². The number of hydrogen-bond donors (Lipinski definition) is 0. The number of benzene rings is 1. The lowest BCUT2D eigenvalue weighted by Gasteiger charge is -2.19. The van der Waals surface area contributed by atoms with Gasteiger partial charge in [0, 0.05) is 34.5 Å². The number of thioether (sulfide) groups is 1. The van der Waals surface area contributed by atoms with Crippen LogP contribution in [0.4, 0.5) is 0 Å². The highest BCUT2D eigenvalue weighted by atomic mass is 32.2. The second-order valence-corrected chi connectivity index (χ2v) is 5.25. The molecule has 1 aromatic heterocycles. The largest absolute Gasteiger partial charge is 0.275 e. The molecule has 15 heavy (non-hydrogen) atoms. The molecule has 3 heteroatoms. The Morgan fingerprint density at radius 2 is 2.13 bits per heavy atom. The molecule has 2 nitrogen and oxygen atoms in total. The van der Waals surface area contributed by atoms with Crippen molar-refractivity contribution in [3.05, 3.63) is 36.0 Å². The highest BCUT2D eigenvalue weighted by molar-refractivity contribution is 7.99. The minimum atomic E-state index is 0.503. The lowest BCUT2D eigenvalue weighted by Crippen LogP contribution is -1.97. The molecule has 1 aliphatic heterocycles. The second-order valence-electron chi connectivity index (χ2n) is 3.86. The monoisotopic (exact) mass is 216 g/mol. The summed E-state index contributed by atoms with van der Waals surface area (Å²) in [4.78, 5) is 1.34. The van der Waals surface area contributed by atoms with E-state index in [9.17, 15) is 0 Å². The smallest absolute Gasteiger partial charge is 0.0977 e. The molecular formula is C12H12N2S. The summed E-state index contributed by atoms with van der Waals surface area (Å²) in [5.74, 6) is 0. The molecule has 0 saturated carbocycles. The molecule has 1 unspecified atom stereocenters. The highest BCUT2D eigenvalue weighted by Crippen LogP contribution is 2.47. The third-order valence-corrected chi connectivity index (χ3v) is 3.96. The van der Waals surface area contributed by atoms with E-state index >= 15 is 0 Å². The van der Waals surface area contributed by atoms with E-state index < -0.39 is 0 Å². The SMILES string of the molecule is CC1Sc2ccccc2-c2nn(C)cc21. The van der Waals surface area contributed by atoms with Gasteiger partial charge in [-0.3, -0.25) is 4.68 Å². The quantitative estimate of drug-likeness (QED) is 0.672. The zero-order chi connectivity index (χ0) is 10.4. The van der Waals surface area contributed by atoms with Gasteiger partial charge in [0.25, 0.3) is 0 Å². The molecule has 0 fully saturated rings. The fourth-order valence-corrected chi connectivity index (χ4v) is 3.16. The number of fused-ring (bicyclic) bond motifs is 3. The summed E-state index contributed by atoms with van der Waals surface area (Å²) in [5, 5.41) is 5.05. The summed E-state index contributed by atoms with van der Waals surface area (Å²) in [7, 11) is 1.98. The Morgan fingerprint density at radius 1 is 1.33 bits per heavy atom. The topological polar surface area (TPSA) is 17.8 Å². The molecule has 0 spiro atoms. The second kappa shape index (κ2) is 3.14. The summed E-state index contributed by atoms with van der Waals surface area (Å²) in [6.07, 6.45) is 2.13. The van der Waals surface area contributed by atoms with Crippen molar-refractivity contribution in [2.75, 3.05) is 0 Å². The molecule has 2 aromatic rings. The van der Waals surface area contributed by atoms with Gasteiger partial charge in [0.15, 0.2) is 0 Å². The molecular weight excluding hydrogens is 204 g/mol. The third-order valence-electron chi connectivity index (χ3n) is 2.74. The predicted octanol–water partition coefficient (Wildman–Crippen LogP) is 3.25. The molecule has 0 amide bonds. The zero-order valence-corrected chi connectivity index (χ0v) is 9.58. The van der Waals surface area contributed by atoms with Gasteiger partial charge in [0.1, 0.15) is 0 Å². The van der Waals surface area contributed by atoms with Crippen molar-refractivity contribution in [1.82, 2.24) is 9.78 Å². The van der Waals surface area contributed by atoms with E-state index in [4.69, 9.17) is 0 Å². The molecule has 76 valence electrons. The molecule has 0 radical (unpaired) electrons.